The molecule has 1 aliphatic rings. The van der Waals surface area contributed by atoms with E-state index >= 15 is 0 Å². The van der Waals surface area contributed by atoms with Crippen LogP contribution >= 0.6 is 0 Å². The van der Waals surface area contributed by atoms with Gasteiger partial charge in [-0.3, -0.25) is 4.79 Å². The fraction of sp³-hybridized carbons (Fsp3) is 0.211. The highest BCUT2D eigenvalue weighted by atomic mass is 16.5. The molecule has 118 valence electrons. The van der Waals surface area contributed by atoms with Gasteiger partial charge in [-0.1, -0.05) is 24.3 Å². The van der Waals surface area contributed by atoms with Gasteiger partial charge in [-0.15, -0.1) is 0 Å². The number of nitrogens with one attached hydrogen (secondary N) is 1. The maximum absolute atomic E-state index is 11.4. The van der Waals surface area contributed by atoms with Gasteiger partial charge in [0.1, 0.15) is 23.9 Å². The number of fused-ring (bicyclic) bond motifs is 1. The van der Waals surface area contributed by atoms with Crippen LogP contribution < -0.4 is 14.8 Å². The zero-order valence-electron chi connectivity index (χ0n) is 13.0. The lowest BCUT2D eigenvalue weighted by atomic mass is 10.0. The Labute approximate surface area is 135 Å². The molecule has 0 aliphatic carbocycles. The molecule has 0 spiro atoms. The van der Waals surface area contributed by atoms with E-state index in [9.17, 15) is 4.79 Å². The molecule has 23 heavy (non-hydrogen) atoms. The van der Waals surface area contributed by atoms with Gasteiger partial charge in [0, 0.05) is 0 Å². The molecule has 3 rings (SSSR count). The Bertz CT molecular complexity index is 722. The van der Waals surface area contributed by atoms with Crippen molar-refractivity contribution in [3.63, 3.8) is 0 Å². The van der Waals surface area contributed by atoms with Crippen molar-refractivity contribution in [2.45, 2.75) is 19.4 Å². The zero-order chi connectivity index (χ0) is 16.2. The predicted octanol–water partition coefficient (Wildman–Crippen LogP) is 3.39. The van der Waals surface area contributed by atoms with Crippen LogP contribution in [0.5, 0.6) is 17.2 Å². The lowest BCUT2D eigenvalue weighted by molar-refractivity contribution is -0.117. The highest BCUT2D eigenvalue weighted by molar-refractivity contribution is 5.87. The number of benzene rings is 2. The summed E-state index contributed by atoms with van der Waals surface area (Å²) >= 11 is 0. The molecule has 1 atom stereocenters. The molecule has 2 aromatic rings. The maximum Gasteiger partial charge on any atom is 0.243 e. The quantitative estimate of drug-likeness (QED) is 0.881. The summed E-state index contributed by atoms with van der Waals surface area (Å²) < 4.78 is 11.6. The van der Waals surface area contributed by atoms with E-state index in [1.54, 1.807) is 0 Å². The smallest absolute Gasteiger partial charge is 0.243 e. The maximum atomic E-state index is 11.4. The number of aryl methyl sites for hydroxylation is 1. The molecule has 1 heterocycles. The van der Waals surface area contributed by atoms with Gasteiger partial charge in [-0.05, 0) is 55.3 Å². The van der Waals surface area contributed by atoms with Crippen molar-refractivity contribution >= 4 is 5.91 Å². The first-order valence-electron chi connectivity index (χ1n) is 7.57. The first-order valence-corrected chi connectivity index (χ1v) is 7.57. The van der Waals surface area contributed by atoms with Crippen LogP contribution in [0.3, 0.4) is 0 Å². The van der Waals surface area contributed by atoms with Gasteiger partial charge in [0.25, 0.3) is 0 Å². The first-order chi connectivity index (χ1) is 11.1. The van der Waals surface area contributed by atoms with E-state index in [1.807, 2.05) is 49.4 Å². The summed E-state index contributed by atoms with van der Waals surface area (Å²) in [5.41, 5.74) is 2.22. The van der Waals surface area contributed by atoms with Crippen molar-refractivity contribution in [1.29, 1.82) is 0 Å². The average molecular weight is 309 g/mol. The average Bonchev–Trinajstić information content (AvgIpc) is 2.56. The van der Waals surface area contributed by atoms with E-state index < -0.39 is 0 Å². The highest BCUT2D eigenvalue weighted by Gasteiger charge is 2.21. The zero-order valence-corrected chi connectivity index (χ0v) is 13.0. The minimum Gasteiger partial charge on any atom is -0.491 e. The van der Waals surface area contributed by atoms with Gasteiger partial charge in [-0.25, -0.2) is 0 Å². The molecule has 4 nitrogen and oxygen atoms in total. The van der Waals surface area contributed by atoms with Crippen LogP contribution in [-0.4, -0.2) is 18.6 Å². The van der Waals surface area contributed by atoms with Crippen molar-refractivity contribution in [2.75, 3.05) is 6.61 Å². The second kappa shape index (κ2) is 6.57. The van der Waals surface area contributed by atoms with E-state index in [2.05, 4.69) is 11.9 Å². The number of carbonyl (C=O) groups excluding carboxylic acids is 1. The summed E-state index contributed by atoms with van der Waals surface area (Å²) in [5.74, 6) is 2.20. The second-order valence-electron chi connectivity index (χ2n) is 5.61. The predicted molar refractivity (Wildman–Crippen MR) is 89.0 cm³/mol. The number of hydrogen-bond donors (Lipinski definition) is 1. The molecule has 0 saturated heterocycles. The molecule has 4 heteroatoms. The van der Waals surface area contributed by atoms with Crippen molar-refractivity contribution < 1.29 is 14.3 Å². The number of rotatable bonds is 4. The normalized spacial score (nSPS) is 16.0. The molecule has 1 aliphatic heterocycles. The minimum atomic E-state index is -0.186. The van der Waals surface area contributed by atoms with E-state index in [4.69, 9.17) is 9.47 Å². The SMILES string of the molecule is C=CC(=O)NC1COc2ccc(Oc3ccc(C)cc3)cc2C1. The van der Waals surface area contributed by atoms with Crippen molar-refractivity contribution in [3.05, 3.63) is 66.2 Å². The molecule has 0 radical (unpaired) electrons. The van der Waals surface area contributed by atoms with Gasteiger partial charge in [0.2, 0.25) is 5.91 Å². The van der Waals surface area contributed by atoms with Crippen molar-refractivity contribution in [3.8, 4) is 17.2 Å². The topological polar surface area (TPSA) is 47.6 Å². The number of hydrogen-bond acceptors (Lipinski definition) is 3. The lowest BCUT2D eigenvalue weighted by Crippen LogP contribution is -2.41. The van der Waals surface area contributed by atoms with E-state index in [-0.39, 0.29) is 11.9 Å². The molecule has 1 amide bonds. The fourth-order valence-electron chi connectivity index (χ4n) is 2.53. The molecule has 0 saturated carbocycles. The number of amides is 1. The molecule has 1 unspecified atom stereocenters. The van der Waals surface area contributed by atoms with Crippen molar-refractivity contribution in [2.24, 2.45) is 0 Å². The molecule has 0 fully saturated rings. The van der Waals surface area contributed by atoms with Gasteiger partial charge in [-0.2, -0.15) is 0 Å². The van der Waals surface area contributed by atoms with Crippen molar-refractivity contribution in [1.82, 2.24) is 5.32 Å². The van der Waals surface area contributed by atoms with Crippen LogP contribution in [-0.2, 0) is 11.2 Å². The summed E-state index contributed by atoms with van der Waals surface area (Å²) in [7, 11) is 0. The Morgan fingerprint density at radius 3 is 2.74 bits per heavy atom. The lowest BCUT2D eigenvalue weighted by Gasteiger charge is -2.26. The Kier molecular flexibility index (Phi) is 4.33. The Balaban J connectivity index is 1.73. The molecule has 1 N–H and O–H groups in total. The molecular weight excluding hydrogens is 290 g/mol. The van der Waals surface area contributed by atoms with E-state index in [0.29, 0.717) is 13.0 Å². The number of carbonyl (C=O) groups is 1. The summed E-state index contributed by atoms with van der Waals surface area (Å²) in [5, 5.41) is 2.86. The highest BCUT2D eigenvalue weighted by Crippen LogP contribution is 2.31. The largest absolute Gasteiger partial charge is 0.491 e. The molecule has 0 aromatic heterocycles. The van der Waals surface area contributed by atoms with Crippen LogP contribution in [0.4, 0.5) is 0 Å². The van der Waals surface area contributed by atoms with Gasteiger partial charge >= 0.3 is 0 Å². The molecule has 0 bridgehead atoms. The number of ether oxygens (including phenoxy) is 2. The summed E-state index contributed by atoms with van der Waals surface area (Å²) in [4.78, 5) is 11.4. The van der Waals surface area contributed by atoms with E-state index in [0.717, 1.165) is 22.8 Å². The summed E-state index contributed by atoms with van der Waals surface area (Å²) in [6.07, 6.45) is 1.98. The summed E-state index contributed by atoms with van der Waals surface area (Å²) in [6.45, 7) is 5.97. The monoisotopic (exact) mass is 309 g/mol. The second-order valence-corrected chi connectivity index (χ2v) is 5.61. The Morgan fingerprint density at radius 1 is 1.26 bits per heavy atom. The third-order valence-electron chi connectivity index (χ3n) is 3.73. The third kappa shape index (κ3) is 3.72. The minimum absolute atomic E-state index is 0.0531. The van der Waals surface area contributed by atoms with Gasteiger partial charge in [0.05, 0.1) is 6.04 Å². The van der Waals surface area contributed by atoms with Crippen LogP contribution in [0.15, 0.2) is 55.1 Å². The van der Waals surface area contributed by atoms with Crippen LogP contribution in [0.2, 0.25) is 0 Å². The van der Waals surface area contributed by atoms with Gasteiger partial charge in [0.15, 0.2) is 0 Å². The molecular formula is C19H19NO3. The van der Waals surface area contributed by atoms with Crippen LogP contribution in [0.25, 0.3) is 0 Å². The van der Waals surface area contributed by atoms with Crippen LogP contribution in [0, 0.1) is 6.92 Å². The first kappa shape index (κ1) is 15.2. The summed E-state index contributed by atoms with van der Waals surface area (Å²) in [6, 6.07) is 13.6. The standard InChI is InChI=1S/C19H19NO3/c1-3-19(21)20-15-10-14-11-17(8-9-18(14)22-12-15)23-16-6-4-13(2)5-7-16/h3-9,11,15H,1,10,12H2,2H3,(H,20,21). The third-order valence-corrected chi connectivity index (χ3v) is 3.73. The van der Waals surface area contributed by atoms with E-state index in [1.165, 1.54) is 11.6 Å². The Morgan fingerprint density at radius 2 is 2.00 bits per heavy atom. The molecule has 2 aromatic carbocycles. The fourth-order valence-corrected chi connectivity index (χ4v) is 2.53. The van der Waals surface area contributed by atoms with Crippen LogP contribution in [0.1, 0.15) is 11.1 Å². The Hall–Kier alpha value is -2.75. The van der Waals surface area contributed by atoms with Gasteiger partial charge < -0.3 is 14.8 Å².